The summed E-state index contributed by atoms with van der Waals surface area (Å²) in [5.74, 6) is -0.763. The van der Waals surface area contributed by atoms with Crippen molar-refractivity contribution in [2.45, 2.75) is 38.8 Å². The molecule has 9 nitrogen and oxygen atoms in total. The molecule has 1 unspecified atom stereocenters. The van der Waals surface area contributed by atoms with E-state index in [0.717, 1.165) is 0 Å². The summed E-state index contributed by atoms with van der Waals surface area (Å²) in [6, 6.07) is -0.0787. The maximum Gasteiger partial charge on any atom is 0.333 e. The van der Waals surface area contributed by atoms with Crippen LogP contribution in [0.1, 0.15) is 32.0 Å². The second-order valence-corrected chi connectivity index (χ2v) is 5.69. The zero-order chi connectivity index (χ0) is 15.9. The first-order chi connectivity index (χ1) is 9.67. The average Bonchev–Trinajstić information content (AvgIpc) is 2.90. The minimum absolute atomic E-state index is 0.0288. The van der Waals surface area contributed by atoms with Crippen molar-refractivity contribution in [1.29, 1.82) is 0 Å². The van der Waals surface area contributed by atoms with E-state index in [0.29, 0.717) is 18.1 Å². The van der Waals surface area contributed by atoms with Gasteiger partial charge in [0.1, 0.15) is 11.2 Å². The van der Waals surface area contributed by atoms with Crippen molar-refractivity contribution in [2.24, 2.45) is 5.73 Å². The highest BCUT2D eigenvalue weighted by molar-refractivity contribution is 5.81. The fraction of sp³-hybridized carbons (Fsp3) is 0.667. The second kappa shape index (κ2) is 4.99. The molecule has 1 fully saturated rings. The van der Waals surface area contributed by atoms with Crippen LogP contribution in [0.3, 0.4) is 0 Å². The third kappa shape index (κ3) is 2.44. The van der Waals surface area contributed by atoms with Crippen LogP contribution in [0.2, 0.25) is 0 Å². The van der Waals surface area contributed by atoms with Gasteiger partial charge in [-0.1, -0.05) is 0 Å². The van der Waals surface area contributed by atoms with Crippen LogP contribution in [0.5, 0.6) is 0 Å². The van der Waals surface area contributed by atoms with Crippen molar-refractivity contribution in [1.82, 2.24) is 9.78 Å². The van der Waals surface area contributed by atoms with E-state index in [1.807, 2.05) is 13.8 Å². The topological polar surface area (TPSA) is 128 Å². The average molecular weight is 297 g/mol. The molecule has 9 heteroatoms. The summed E-state index contributed by atoms with van der Waals surface area (Å²) in [5.41, 5.74) is 4.70. The molecule has 1 aromatic rings. The highest BCUT2D eigenvalue weighted by Gasteiger charge is 2.44. The zero-order valence-electron chi connectivity index (χ0n) is 12.2. The number of anilines is 1. The summed E-state index contributed by atoms with van der Waals surface area (Å²) in [5, 5.41) is 24.7. The lowest BCUT2D eigenvalue weighted by atomic mass is 10.0. The highest BCUT2D eigenvalue weighted by Crippen LogP contribution is 2.37. The van der Waals surface area contributed by atoms with E-state index in [1.165, 1.54) is 0 Å². The van der Waals surface area contributed by atoms with E-state index in [9.17, 15) is 20.0 Å². The molecule has 0 aliphatic carbocycles. The number of nitrogens with two attached hydrogens (primary N) is 1. The van der Waals surface area contributed by atoms with Crippen LogP contribution in [-0.4, -0.2) is 44.4 Å². The smallest absolute Gasteiger partial charge is 0.333 e. The molecule has 2 rings (SSSR count). The number of rotatable bonds is 4. The summed E-state index contributed by atoms with van der Waals surface area (Å²) in [6.45, 7) is 5.68. The lowest BCUT2D eigenvalue weighted by Gasteiger charge is -2.22. The minimum Gasteiger partial charge on any atom is -0.480 e. The Morgan fingerprint density at radius 1 is 1.57 bits per heavy atom. The van der Waals surface area contributed by atoms with Crippen molar-refractivity contribution >= 4 is 17.5 Å². The number of carboxylic acids is 1. The Morgan fingerprint density at radius 3 is 2.62 bits per heavy atom. The van der Waals surface area contributed by atoms with Gasteiger partial charge < -0.3 is 15.7 Å². The molecular formula is C12H19N5O4. The van der Waals surface area contributed by atoms with Crippen molar-refractivity contribution in [3.63, 3.8) is 0 Å². The maximum atomic E-state index is 11.3. The van der Waals surface area contributed by atoms with Gasteiger partial charge in [-0.2, -0.15) is 5.10 Å². The Labute approximate surface area is 121 Å². The number of nitro groups is 1. The Hall–Kier alpha value is -2.16. The van der Waals surface area contributed by atoms with E-state index in [4.69, 9.17) is 5.73 Å². The minimum atomic E-state index is -1.38. The van der Waals surface area contributed by atoms with Gasteiger partial charge in [-0.15, -0.1) is 0 Å². The van der Waals surface area contributed by atoms with Gasteiger partial charge in [0.05, 0.1) is 4.92 Å². The van der Waals surface area contributed by atoms with Gasteiger partial charge in [0.15, 0.2) is 0 Å². The van der Waals surface area contributed by atoms with Gasteiger partial charge in [0, 0.05) is 19.1 Å². The molecule has 21 heavy (non-hydrogen) atoms. The molecule has 1 aromatic heterocycles. The second-order valence-electron chi connectivity index (χ2n) is 5.69. The first-order valence-electron chi connectivity index (χ1n) is 6.68. The van der Waals surface area contributed by atoms with E-state index >= 15 is 0 Å². The predicted octanol–water partition coefficient (Wildman–Crippen LogP) is 0.673. The lowest BCUT2D eigenvalue weighted by molar-refractivity contribution is -0.384. The highest BCUT2D eigenvalue weighted by atomic mass is 16.6. The molecule has 1 aliphatic rings. The van der Waals surface area contributed by atoms with Crippen molar-refractivity contribution in [3.05, 3.63) is 15.8 Å². The zero-order valence-corrected chi connectivity index (χ0v) is 12.2. The fourth-order valence-corrected chi connectivity index (χ4v) is 2.58. The number of aliphatic carboxylic acids is 1. The Morgan fingerprint density at radius 2 is 2.19 bits per heavy atom. The molecule has 2 heterocycles. The van der Waals surface area contributed by atoms with Gasteiger partial charge in [-0.05, 0) is 27.2 Å². The molecule has 1 atom stereocenters. The fourth-order valence-electron chi connectivity index (χ4n) is 2.58. The molecule has 0 radical (unpaired) electrons. The summed E-state index contributed by atoms with van der Waals surface area (Å²) in [4.78, 5) is 23.7. The van der Waals surface area contributed by atoms with Gasteiger partial charge in [0.25, 0.3) is 0 Å². The van der Waals surface area contributed by atoms with E-state index in [-0.39, 0.29) is 24.7 Å². The summed E-state index contributed by atoms with van der Waals surface area (Å²) >= 11 is 0. The van der Waals surface area contributed by atoms with Crippen molar-refractivity contribution in [2.75, 3.05) is 18.0 Å². The standard InChI is InChI=1S/C12H19N5O4/c1-7(2)16-10(9(17(20)21)8(3)14-16)15-5-4-12(13,6-15)11(18)19/h7H,4-6,13H2,1-3H3,(H,18,19). The SMILES string of the molecule is Cc1nn(C(C)C)c(N2CCC(N)(C(=O)O)C2)c1[N+](=O)[O-]. The van der Waals surface area contributed by atoms with Crippen LogP contribution in [0.15, 0.2) is 0 Å². The maximum absolute atomic E-state index is 11.3. The van der Waals surface area contributed by atoms with Crippen molar-refractivity contribution < 1.29 is 14.8 Å². The molecule has 0 saturated carbocycles. The number of nitrogens with zero attached hydrogens (tertiary/aromatic N) is 4. The number of aryl methyl sites for hydroxylation is 1. The van der Waals surface area contributed by atoms with Gasteiger partial charge >= 0.3 is 11.7 Å². The first-order valence-corrected chi connectivity index (χ1v) is 6.68. The molecule has 0 bridgehead atoms. The van der Waals surface area contributed by atoms with Crippen LogP contribution in [-0.2, 0) is 4.79 Å². The Bertz CT molecular complexity index is 597. The molecule has 1 aliphatic heterocycles. The number of hydrogen-bond acceptors (Lipinski definition) is 6. The molecule has 0 amide bonds. The molecule has 3 N–H and O–H groups in total. The predicted molar refractivity (Wildman–Crippen MR) is 75.4 cm³/mol. The van der Waals surface area contributed by atoms with Gasteiger partial charge in [-0.3, -0.25) is 14.9 Å². The first kappa shape index (κ1) is 15.2. The van der Waals surface area contributed by atoms with Crippen LogP contribution < -0.4 is 10.6 Å². The number of carbonyl (C=O) groups is 1. The molecular weight excluding hydrogens is 278 g/mol. The third-order valence-corrected chi connectivity index (χ3v) is 3.73. The molecule has 1 saturated heterocycles. The van der Waals surface area contributed by atoms with Crippen LogP contribution in [0.4, 0.5) is 11.5 Å². The summed E-state index contributed by atoms with van der Waals surface area (Å²) in [7, 11) is 0. The molecule has 116 valence electrons. The van der Waals surface area contributed by atoms with Gasteiger partial charge in [0.2, 0.25) is 5.82 Å². The number of hydrogen-bond donors (Lipinski definition) is 2. The monoisotopic (exact) mass is 297 g/mol. The van der Waals surface area contributed by atoms with E-state index < -0.39 is 16.4 Å². The van der Waals surface area contributed by atoms with E-state index in [2.05, 4.69) is 5.10 Å². The third-order valence-electron chi connectivity index (χ3n) is 3.73. The quantitative estimate of drug-likeness (QED) is 0.617. The normalized spacial score (nSPS) is 22.0. The van der Waals surface area contributed by atoms with E-state index in [1.54, 1.807) is 16.5 Å². The summed E-state index contributed by atoms with van der Waals surface area (Å²) < 4.78 is 1.56. The summed E-state index contributed by atoms with van der Waals surface area (Å²) in [6.07, 6.45) is 0.238. The van der Waals surface area contributed by atoms with Crippen LogP contribution in [0.25, 0.3) is 0 Å². The van der Waals surface area contributed by atoms with Crippen molar-refractivity contribution in [3.8, 4) is 0 Å². The molecule has 0 spiro atoms. The Kier molecular flexibility index (Phi) is 3.62. The largest absolute Gasteiger partial charge is 0.480 e. The number of carboxylic acid groups (broad SMARTS) is 1. The number of aromatic nitrogens is 2. The molecule has 0 aromatic carbocycles. The van der Waals surface area contributed by atoms with Crippen LogP contribution in [0, 0.1) is 17.0 Å². The Balaban J connectivity index is 2.49. The van der Waals surface area contributed by atoms with Crippen LogP contribution >= 0.6 is 0 Å². The van der Waals surface area contributed by atoms with Gasteiger partial charge in [-0.25, -0.2) is 4.68 Å². The lowest BCUT2D eigenvalue weighted by Crippen LogP contribution is -2.50.